The van der Waals surface area contributed by atoms with Crippen LogP contribution in [0.1, 0.15) is 61.0 Å². The van der Waals surface area contributed by atoms with E-state index in [0.717, 1.165) is 24.2 Å². The molecule has 4 heterocycles. The number of imidazole rings is 1. The zero-order valence-corrected chi connectivity index (χ0v) is 16.6. The molecular formula is C22H24N6O2. The summed E-state index contributed by atoms with van der Waals surface area (Å²) in [6, 6.07) is 6.00. The number of hydrogen-bond acceptors (Lipinski definition) is 6. The van der Waals surface area contributed by atoms with Crippen LogP contribution < -0.4 is 10.6 Å². The van der Waals surface area contributed by atoms with Crippen molar-refractivity contribution in [3.8, 4) is 0 Å². The maximum absolute atomic E-state index is 11.9. The minimum absolute atomic E-state index is 0.0873. The van der Waals surface area contributed by atoms with Crippen molar-refractivity contribution in [1.82, 2.24) is 19.4 Å². The Labute approximate surface area is 173 Å². The molecule has 0 radical (unpaired) electrons. The second-order valence-electron chi connectivity index (χ2n) is 8.93. The van der Waals surface area contributed by atoms with Crippen LogP contribution in [0.15, 0.2) is 36.9 Å². The molecule has 3 fully saturated rings. The predicted octanol–water partition coefficient (Wildman–Crippen LogP) is 1.83. The third-order valence-corrected chi connectivity index (χ3v) is 6.82. The first-order valence-corrected chi connectivity index (χ1v) is 10.6. The summed E-state index contributed by atoms with van der Waals surface area (Å²) in [5.74, 6) is 1.05. The van der Waals surface area contributed by atoms with Crippen molar-refractivity contribution in [2.24, 2.45) is 5.73 Å². The van der Waals surface area contributed by atoms with Crippen molar-refractivity contribution in [1.29, 1.82) is 0 Å². The van der Waals surface area contributed by atoms with Crippen molar-refractivity contribution in [2.45, 2.75) is 55.6 Å². The smallest absolute Gasteiger partial charge is 0.229 e. The number of aromatic nitrogens is 4. The number of nitrogens with zero attached hydrogens (tertiary/aromatic N) is 5. The number of carbonyl (C=O) groups is 1. The third kappa shape index (κ3) is 2.78. The van der Waals surface area contributed by atoms with Gasteiger partial charge in [0.05, 0.1) is 28.9 Å². The summed E-state index contributed by atoms with van der Waals surface area (Å²) in [5.41, 5.74) is 8.81. The van der Waals surface area contributed by atoms with E-state index in [2.05, 4.69) is 43.8 Å². The Morgan fingerprint density at radius 2 is 2.03 bits per heavy atom. The molecule has 3 aromatic heterocycles. The van der Waals surface area contributed by atoms with E-state index < -0.39 is 11.5 Å². The number of aliphatic hydroxyl groups excluding tert-OH is 1. The van der Waals surface area contributed by atoms with Gasteiger partial charge in [0.15, 0.2) is 0 Å². The van der Waals surface area contributed by atoms with Gasteiger partial charge in [0.2, 0.25) is 5.91 Å². The monoisotopic (exact) mass is 404 g/mol. The number of anilines is 1. The normalized spacial score (nSPS) is 25.0. The van der Waals surface area contributed by atoms with E-state index in [1.165, 1.54) is 24.7 Å². The Kier molecular flexibility index (Phi) is 3.71. The number of amides is 1. The van der Waals surface area contributed by atoms with Crippen LogP contribution in [0.2, 0.25) is 0 Å². The highest BCUT2D eigenvalue weighted by atomic mass is 16.3. The fraction of sp³-hybridized carbons (Fsp3) is 0.455. The van der Waals surface area contributed by atoms with Crippen LogP contribution in [0.4, 0.5) is 5.82 Å². The molecule has 1 aliphatic heterocycles. The molecular weight excluding hydrogens is 380 g/mol. The van der Waals surface area contributed by atoms with Crippen LogP contribution in [0, 0.1) is 0 Å². The molecule has 6 rings (SSSR count). The minimum atomic E-state index is -0.659. The van der Waals surface area contributed by atoms with Crippen LogP contribution >= 0.6 is 0 Å². The van der Waals surface area contributed by atoms with Crippen molar-refractivity contribution in [2.75, 3.05) is 11.4 Å². The number of aliphatic hydroxyl groups is 1. The lowest BCUT2D eigenvalue weighted by molar-refractivity contribution is -0.120. The number of nitrogens with two attached hydrogens (primary N) is 1. The van der Waals surface area contributed by atoms with Gasteiger partial charge in [-0.3, -0.25) is 4.79 Å². The third-order valence-electron chi connectivity index (χ3n) is 6.82. The largest absolute Gasteiger partial charge is 0.391 e. The Balaban J connectivity index is 1.35. The van der Waals surface area contributed by atoms with Gasteiger partial charge in [-0.1, -0.05) is 6.07 Å². The van der Waals surface area contributed by atoms with E-state index in [1.54, 1.807) is 0 Å². The molecule has 0 spiro atoms. The fourth-order valence-corrected chi connectivity index (χ4v) is 4.71. The lowest BCUT2D eigenvalue weighted by atomic mass is 10.0. The van der Waals surface area contributed by atoms with Crippen LogP contribution in [-0.2, 0) is 10.2 Å². The SMILES string of the molecule is NC(=O)C1(c2cc(N3C[C@@H](O)C[C@@H]3c3cn4cc(C5CC5)ccc4n3)ncn2)CC1. The van der Waals surface area contributed by atoms with E-state index in [-0.39, 0.29) is 11.9 Å². The summed E-state index contributed by atoms with van der Waals surface area (Å²) in [4.78, 5) is 27.6. The maximum atomic E-state index is 11.9. The van der Waals surface area contributed by atoms with Gasteiger partial charge in [0.1, 0.15) is 17.8 Å². The average molecular weight is 404 g/mol. The molecule has 2 saturated carbocycles. The lowest BCUT2D eigenvalue weighted by Crippen LogP contribution is -2.30. The summed E-state index contributed by atoms with van der Waals surface area (Å²) in [6.07, 6.45) is 9.81. The molecule has 1 amide bonds. The molecule has 0 aromatic carbocycles. The average Bonchev–Trinajstić information content (AvgIpc) is 3.66. The molecule has 2 atom stereocenters. The van der Waals surface area contributed by atoms with Gasteiger partial charge in [-0.25, -0.2) is 15.0 Å². The first kappa shape index (κ1) is 17.8. The summed E-state index contributed by atoms with van der Waals surface area (Å²) < 4.78 is 2.09. The van der Waals surface area contributed by atoms with Crippen molar-refractivity contribution >= 4 is 17.4 Å². The van der Waals surface area contributed by atoms with Crippen LogP contribution in [-0.4, -0.2) is 43.0 Å². The Morgan fingerprint density at radius 3 is 2.77 bits per heavy atom. The summed E-state index contributed by atoms with van der Waals surface area (Å²) in [6.45, 7) is 0.464. The standard InChI is InChI=1S/C22H24N6O2/c23-21(30)22(5-6-22)18-8-20(25-12-24-18)28-10-15(29)7-17(28)16-11-27-9-14(13-1-2-13)3-4-19(27)26-16/h3-4,8-9,11-13,15,17,29H,1-2,5-7,10H2,(H2,23,30)/t15-,17+/m0/s1. The number of rotatable bonds is 5. The first-order chi connectivity index (χ1) is 14.5. The second-order valence-corrected chi connectivity index (χ2v) is 8.93. The van der Waals surface area contributed by atoms with Crippen molar-refractivity contribution in [3.05, 3.63) is 53.9 Å². The second kappa shape index (κ2) is 6.25. The predicted molar refractivity (Wildman–Crippen MR) is 110 cm³/mol. The molecule has 0 unspecified atom stereocenters. The number of fused-ring (bicyclic) bond motifs is 1. The molecule has 3 aromatic rings. The summed E-state index contributed by atoms with van der Waals surface area (Å²) in [7, 11) is 0. The number of β-amino-alcohol motifs (C(OH)–C–C–N with tert-alkyl or cyclic N) is 1. The zero-order valence-electron chi connectivity index (χ0n) is 16.6. The molecule has 8 nitrogen and oxygen atoms in total. The van der Waals surface area contributed by atoms with E-state index in [4.69, 9.17) is 10.7 Å². The van der Waals surface area contributed by atoms with Gasteiger partial charge < -0.3 is 20.1 Å². The molecule has 30 heavy (non-hydrogen) atoms. The molecule has 0 bridgehead atoms. The van der Waals surface area contributed by atoms with Gasteiger partial charge >= 0.3 is 0 Å². The highest BCUT2D eigenvalue weighted by Gasteiger charge is 2.51. The van der Waals surface area contributed by atoms with E-state index in [1.807, 2.05) is 6.07 Å². The van der Waals surface area contributed by atoms with Gasteiger partial charge in [0.25, 0.3) is 0 Å². The van der Waals surface area contributed by atoms with Crippen LogP contribution in [0.3, 0.4) is 0 Å². The topological polar surface area (TPSA) is 110 Å². The van der Waals surface area contributed by atoms with Crippen molar-refractivity contribution in [3.63, 3.8) is 0 Å². The number of pyridine rings is 1. The Morgan fingerprint density at radius 1 is 1.20 bits per heavy atom. The lowest BCUT2D eigenvalue weighted by Gasteiger charge is -2.24. The molecule has 3 N–H and O–H groups in total. The maximum Gasteiger partial charge on any atom is 0.229 e. The quantitative estimate of drug-likeness (QED) is 0.671. The molecule has 1 saturated heterocycles. The highest BCUT2D eigenvalue weighted by Crippen LogP contribution is 2.48. The van der Waals surface area contributed by atoms with E-state index >= 15 is 0 Å². The highest BCUT2D eigenvalue weighted by molar-refractivity contribution is 5.89. The van der Waals surface area contributed by atoms with Gasteiger partial charge in [-0.05, 0) is 43.2 Å². The van der Waals surface area contributed by atoms with Gasteiger partial charge in [-0.15, -0.1) is 0 Å². The molecule has 154 valence electrons. The van der Waals surface area contributed by atoms with Gasteiger partial charge in [0, 0.05) is 31.4 Å². The summed E-state index contributed by atoms with van der Waals surface area (Å²) >= 11 is 0. The number of hydrogen-bond donors (Lipinski definition) is 2. The summed E-state index contributed by atoms with van der Waals surface area (Å²) in [5, 5.41) is 10.4. The molecule has 3 aliphatic rings. The van der Waals surface area contributed by atoms with Crippen molar-refractivity contribution < 1.29 is 9.90 Å². The Bertz CT molecular complexity index is 1150. The fourth-order valence-electron chi connectivity index (χ4n) is 4.71. The molecule has 8 heteroatoms. The Hall–Kier alpha value is -3.00. The van der Waals surface area contributed by atoms with Crippen LogP contribution in [0.5, 0.6) is 0 Å². The minimum Gasteiger partial charge on any atom is -0.391 e. The number of carbonyl (C=O) groups excluding carboxylic acids is 1. The van der Waals surface area contributed by atoms with Gasteiger partial charge in [-0.2, -0.15) is 0 Å². The van der Waals surface area contributed by atoms with E-state index in [0.29, 0.717) is 30.4 Å². The van der Waals surface area contributed by atoms with Crippen LogP contribution in [0.25, 0.3) is 5.65 Å². The molecule has 2 aliphatic carbocycles. The first-order valence-electron chi connectivity index (χ1n) is 10.6. The van der Waals surface area contributed by atoms with E-state index in [9.17, 15) is 9.90 Å². The number of primary amides is 1. The zero-order chi connectivity index (χ0) is 20.5.